The lowest BCUT2D eigenvalue weighted by Crippen LogP contribution is -2.23. The Morgan fingerprint density at radius 2 is 0.603 bits per heavy atom. The molecule has 0 aliphatic heterocycles. The van der Waals surface area contributed by atoms with Crippen LogP contribution in [0.15, 0.2) is 170 Å². The third-order valence-electron chi connectivity index (χ3n) is 13.8. The van der Waals surface area contributed by atoms with E-state index < -0.39 is 0 Å². The first kappa shape index (κ1) is 36.0. The standard InChI is InChI=1S/C56H48N2/c1-5-55(6-2)49-31-39(37-15-11-9-12-16-37)19-23-45(49)47-25-21-41(33-51(47)55)43-27-29-57-53(35-43)54-36-44(28-30-58-54)42-22-26-48-46-24-20-40(38-17-13-10-14-18-38)32-50(46)56(7-3,8-4)52(48)34-42/h9-36H,5-8H2,1-4H3. The lowest BCUT2D eigenvalue weighted by Gasteiger charge is -2.30. The number of aromatic nitrogens is 2. The van der Waals surface area contributed by atoms with Crippen LogP contribution in [-0.2, 0) is 10.8 Å². The highest BCUT2D eigenvalue weighted by molar-refractivity contribution is 5.88. The van der Waals surface area contributed by atoms with Gasteiger partial charge in [0.25, 0.3) is 0 Å². The van der Waals surface area contributed by atoms with E-state index in [-0.39, 0.29) is 10.8 Å². The van der Waals surface area contributed by atoms with Gasteiger partial charge in [-0.15, -0.1) is 0 Å². The summed E-state index contributed by atoms with van der Waals surface area (Å²) in [6.45, 7) is 9.39. The van der Waals surface area contributed by atoms with E-state index in [9.17, 15) is 0 Å². The van der Waals surface area contributed by atoms with E-state index in [1.54, 1.807) is 0 Å². The fraction of sp³-hybridized carbons (Fsp3) is 0.179. The Balaban J connectivity index is 0.987. The van der Waals surface area contributed by atoms with Crippen molar-refractivity contribution in [3.63, 3.8) is 0 Å². The molecule has 0 saturated heterocycles. The van der Waals surface area contributed by atoms with Crippen LogP contribution in [0.4, 0.5) is 0 Å². The number of benzene rings is 6. The van der Waals surface area contributed by atoms with Gasteiger partial charge in [-0.2, -0.15) is 0 Å². The van der Waals surface area contributed by atoms with E-state index in [1.165, 1.54) is 77.9 Å². The first-order valence-corrected chi connectivity index (χ1v) is 21.1. The van der Waals surface area contributed by atoms with E-state index in [1.807, 2.05) is 12.4 Å². The molecule has 8 aromatic rings. The van der Waals surface area contributed by atoms with Crippen molar-refractivity contribution in [3.05, 3.63) is 192 Å². The van der Waals surface area contributed by atoms with E-state index in [4.69, 9.17) is 9.97 Å². The molecule has 0 unspecified atom stereocenters. The number of nitrogens with zero attached hydrogens (tertiary/aromatic N) is 2. The Hall–Kier alpha value is -6.38. The molecular formula is C56H48N2. The van der Waals surface area contributed by atoms with E-state index in [0.717, 1.165) is 48.2 Å². The zero-order chi connectivity index (χ0) is 39.4. The predicted molar refractivity (Wildman–Crippen MR) is 243 cm³/mol. The van der Waals surface area contributed by atoms with Gasteiger partial charge >= 0.3 is 0 Å². The molecule has 2 nitrogen and oxygen atoms in total. The summed E-state index contributed by atoms with van der Waals surface area (Å²) in [4.78, 5) is 9.76. The van der Waals surface area contributed by atoms with Crippen LogP contribution < -0.4 is 0 Å². The van der Waals surface area contributed by atoms with Gasteiger partial charge in [0.1, 0.15) is 0 Å². The highest BCUT2D eigenvalue weighted by Gasteiger charge is 2.42. The summed E-state index contributed by atoms with van der Waals surface area (Å²) >= 11 is 0. The summed E-state index contributed by atoms with van der Waals surface area (Å²) < 4.78 is 0. The Labute approximate surface area is 343 Å². The Morgan fingerprint density at radius 3 is 0.914 bits per heavy atom. The van der Waals surface area contributed by atoms with Crippen molar-refractivity contribution in [2.24, 2.45) is 0 Å². The predicted octanol–water partition coefficient (Wildman–Crippen LogP) is 15.0. The van der Waals surface area contributed by atoms with Crippen LogP contribution in [0, 0.1) is 0 Å². The Kier molecular flexibility index (Phi) is 8.82. The summed E-state index contributed by atoms with van der Waals surface area (Å²) in [7, 11) is 0. The van der Waals surface area contributed by atoms with Crippen molar-refractivity contribution in [3.8, 4) is 78.1 Å². The second-order valence-electron chi connectivity index (χ2n) is 16.2. The average Bonchev–Trinajstić information content (AvgIpc) is 3.75. The third-order valence-corrected chi connectivity index (χ3v) is 13.8. The van der Waals surface area contributed by atoms with Crippen LogP contribution in [-0.4, -0.2) is 9.97 Å². The lowest BCUT2D eigenvalue weighted by molar-refractivity contribution is 0.491. The second kappa shape index (κ2) is 14.2. The second-order valence-corrected chi connectivity index (χ2v) is 16.2. The zero-order valence-electron chi connectivity index (χ0n) is 33.9. The molecule has 2 aliphatic carbocycles. The Morgan fingerprint density at radius 1 is 0.310 bits per heavy atom. The maximum absolute atomic E-state index is 4.88. The van der Waals surface area contributed by atoms with Gasteiger partial charge < -0.3 is 0 Å². The minimum atomic E-state index is -0.0359. The molecule has 0 N–H and O–H groups in total. The molecular weight excluding hydrogens is 701 g/mol. The summed E-state index contributed by atoms with van der Waals surface area (Å²) in [5, 5.41) is 0. The topological polar surface area (TPSA) is 25.8 Å². The van der Waals surface area contributed by atoms with Gasteiger partial charge in [0.05, 0.1) is 11.4 Å². The van der Waals surface area contributed by atoms with Gasteiger partial charge in [0, 0.05) is 23.2 Å². The van der Waals surface area contributed by atoms with Crippen molar-refractivity contribution < 1.29 is 0 Å². The van der Waals surface area contributed by atoms with Crippen molar-refractivity contribution >= 4 is 0 Å². The average molecular weight is 749 g/mol. The monoisotopic (exact) mass is 748 g/mol. The largest absolute Gasteiger partial charge is 0.255 e. The molecule has 2 aliphatic rings. The van der Waals surface area contributed by atoms with Gasteiger partial charge in [-0.1, -0.05) is 137 Å². The maximum atomic E-state index is 4.88. The summed E-state index contributed by atoms with van der Waals surface area (Å²) in [5.74, 6) is 0. The molecule has 2 heteroatoms. The van der Waals surface area contributed by atoms with E-state index >= 15 is 0 Å². The number of rotatable bonds is 9. The number of pyridine rings is 2. The van der Waals surface area contributed by atoms with Gasteiger partial charge in [0.2, 0.25) is 0 Å². The minimum Gasteiger partial charge on any atom is -0.255 e. The summed E-state index contributed by atoms with van der Waals surface area (Å²) in [6, 6.07) is 58.6. The molecule has 0 spiro atoms. The fourth-order valence-corrected chi connectivity index (χ4v) is 10.5. The zero-order valence-corrected chi connectivity index (χ0v) is 33.9. The van der Waals surface area contributed by atoms with Crippen LogP contribution >= 0.6 is 0 Å². The van der Waals surface area contributed by atoms with Crippen LogP contribution in [0.25, 0.3) is 78.1 Å². The lowest BCUT2D eigenvalue weighted by atomic mass is 9.73. The van der Waals surface area contributed by atoms with E-state index in [0.29, 0.717) is 0 Å². The molecule has 0 radical (unpaired) electrons. The van der Waals surface area contributed by atoms with Crippen LogP contribution in [0.1, 0.15) is 75.6 Å². The normalized spacial score (nSPS) is 14.1. The molecule has 0 amide bonds. The number of hydrogen-bond acceptors (Lipinski definition) is 2. The van der Waals surface area contributed by atoms with Crippen LogP contribution in [0.5, 0.6) is 0 Å². The third kappa shape index (κ3) is 5.53. The highest BCUT2D eigenvalue weighted by Crippen LogP contribution is 2.56. The number of fused-ring (bicyclic) bond motifs is 6. The summed E-state index contributed by atoms with van der Waals surface area (Å²) in [5.41, 5.74) is 22.7. The number of hydrogen-bond donors (Lipinski definition) is 0. The Bertz CT molecular complexity index is 2630. The molecule has 0 bridgehead atoms. The molecule has 0 atom stereocenters. The van der Waals surface area contributed by atoms with Crippen molar-refractivity contribution in [1.82, 2.24) is 9.97 Å². The van der Waals surface area contributed by atoms with Crippen LogP contribution in [0.2, 0.25) is 0 Å². The van der Waals surface area contributed by atoms with Crippen molar-refractivity contribution in [1.29, 1.82) is 0 Å². The van der Waals surface area contributed by atoms with Crippen molar-refractivity contribution in [2.75, 3.05) is 0 Å². The molecule has 0 saturated carbocycles. The summed E-state index contributed by atoms with van der Waals surface area (Å²) in [6.07, 6.45) is 8.06. The van der Waals surface area contributed by atoms with E-state index in [2.05, 4.69) is 185 Å². The quantitative estimate of drug-likeness (QED) is 0.147. The smallest absolute Gasteiger partial charge is 0.0892 e. The molecule has 58 heavy (non-hydrogen) atoms. The molecule has 0 fully saturated rings. The van der Waals surface area contributed by atoms with Crippen molar-refractivity contribution in [2.45, 2.75) is 64.2 Å². The maximum Gasteiger partial charge on any atom is 0.0892 e. The SMILES string of the molecule is CCC1(CC)c2cc(-c3ccccc3)ccc2-c2ccc(-c3ccnc(-c4cc(-c5ccc6c(c5)C(CC)(CC)c5cc(-c7ccccc7)ccc5-6)ccn4)c3)cc21. The first-order chi connectivity index (χ1) is 28.5. The minimum absolute atomic E-state index is 0.0359. The van der Waals surface area contributed by atoms with Gasteiger partial charge in [-0.25, -0.2) is 0 Å². The van der Waals surface area contributed by atoms with Gasteiger partial charge in [-0.05, 0) is 163 Å². The molecule has 2 aromatic heterocycles. The molecule has 6 aromatic carbocycles. The highest BCUT2D eigenvalue weighted by atomic mass is 14.8. The molecule has 282 valence electrons. The van der Waals surface area contributed by atoms with Crippen LogP contribution in [0.3, 0.4) is 0 Å². The van der Waals surface area contributed by atoms with Gasteiger partial charge in [-0.3, -0.25) is 9.97 Å². The molecule has 2 heterocycles. The first-order valence-electron chi connectivity index (χ1n) is 21.1. The molecule has 10 rings (SSSR count). The van der Waals surface area contributed by atoms with Gasteiger partial charge in [0.15, 0.2) is 0 Å². The fourth-order valence-electron chi connectivity index (χ4n) is 10.5.